The van der Waals surface area contributed by atoms with Gasteiger partial charge in [0.1, 0.15) is 0 Å². The van der Waals surface area contributed by atoms with Crippen molar-refractivity contribution in [1.29, 1.82) is 0 Å². The fourth-order valence-corrected chi connectivity index (χ4v) is 2.22. The van der Waals surface area contributed by atoms with Gasteiger partial charge in [0.15, 0.2) is 5.75 Å². The van der Waals surface area contributed by atoms with Crippen molar-refractivity contribution in [2.75, 3.05) is 0 Å². The van der Waals surface area contributed by atoms with E-state index >= 15 is 0 Å². The topological polar surface area (TPSA) is 55.9 Å². The van der Waals surface area contributed by atoms with Crippen molar-refractivity contribution < 1.29 is 25.2 Å². The van der Waals surface area contributed by atoms with Gasteiger partial charge in [-0.1, -0.05) is 31.5 Å². The monoisotopic (exact) mass is 461 g/mol. The molecule has 1 aromatic carbocycles. The summed E-state index contributed by atoms with van der Waals surface area (Å²) in [5, 5.41) is 19.1. The summed E-state index contributed by atoms with van der Waals surface area (Å²) in [6.45, 7) is 2.08. The maximum absolute atomic E-state index is 10.4. The standard InChI is InChI=1S/C15H16N4O.Ir/c1-2-7-13-14(20)15(18-11-6-10-16-18)17-19(13)12-8-4-3-5-9-12;/h3-6,8-11,20H,2,7H2,1H3;. The summed E-state index contributed by atoms with van der Waals surface area (Å²) in [7, 11) is 0. The Bertz CT molecular complexity index is 692. The van der Waals surface area contributed by atoms with E-state index in [-0.39, 0.29) is 25.9 Å². The Hall–Kier alpha value is -1.91. The summed E-state index contributed by atoms with van der Waals surface area (Å²) in [5.41, 5.74) is 1.74. The SMILES string of the molecule is CCCc1c(O)c(-n2cccn2)nn1-c1ccccc1.[Ir]. The van der Waals surface area contributed by atoms with E-state index in [4.69, 9.17) is 0 Å². The van der Waals surface area contributed by atoms with Crippen molar-refractivity contribution in [2.24, 2.45) is 0 Å². The Morgan fingerprint density at radius 2 is 1.90 bits per heavy atom. The van der Waals surface area contributed by atoms with Gasteiger partial charge in [-0.05, 0) is 24.6 Å². The molecule has 2 aromatic heterocycles. The van der Waals surface area contributed by atoms with Crippen molar-refractivity contribution in [2.45, 2.75) is 19.8 Å². The zero-order valence-electron chi connectivity index (χ0n) is 11.6. The van der Waals surface area contributed by atoms with Crippen LogP contribution < -0.4 is 0 Å². The maximum atomic E-state index is 10.4. The van der Waals surface area contributed by atoms with Gasteiger partial charge in [0, 0.05) is 32.5 Å². The Morgan fingerprint density at radius 3 is 2.52 bits per heavy atom. The van der Waals surface area contributed by atoms with Crippen LogP contribution in [0.4, 0.5) is 0 Å². The Labute approximate surface area is 136 Å². The summed E-state index contributed by atoms with van der Waals surface area (Å²) in [5.74, 6) is 0.654. The molecule has 0 atom stereocenters. The number of rotatable bonds is 4. The smallest absolute Gasteiger partial charge is 0.218 e. The van der Waals surface area contributed by atoms with Crippen LogP contribution in [0.3, 0.4) is 0 Å². The maximum Gasteiger partial charge on any atom is 0.218 e. The average Bonchev–Trinajstić information content (AvgIpc) is 3.10. The molecule has 6 heteroatoms. The molecule has 1 radical (unpaired) electrons. The number of para-hydroxylation sites is 1. The number of hydrogen-bond donors (Lipinski definition) is 1. The molecule has 21 heavy (non-hydrogen) atoms. The fraction of sp³-hybridized carbons (Fsp3) is 0.200. The van der Waals surface area contributed by atoms with Crippen LogP contribution in [0.15, 0.2) is 48.8 Å². The van der Waals surface area contributed by atoms with Crippen molar-refractivity contribution in [3.63, 3.8) is 0 Å². The molecule has 2 heterocycles. The molecule has 0 saturated carbocycles. The number of aromatic nitrogens is 4. The molecule has 111 valence electrons. The molecule has 0 amide bonds. The third-order valence-corrected chi connectivity index (χ3v) is 3.14. The van der Waals surface area contributed by atoms with Crippen molar-refractivity contribution in [1.82, 2.24) is 19.6 Å². The van der Waals surface area contributed by atoms with Gasteiger partial charge < -0.3 is 5.11 Å². The average molecular weight is 461 g/mol. The molecule has 0 unspecified atom stereocenters. The molecule has 3 rings (SSSR count). The van der Waals surface area contributed by atoms with E-state index in [9.17, 15) is 5.11 Å². The molecule has 0 aliphatic carbocycles. The molecule has 1 N–H and O–H groups in total. The van der Waals surface area contributed by atoms with E-state index in [0.717, 1.165) is 24.2 Å². The van der Waals surface area contributed by atoms with Crippen LogP contribution in [0.2, 0.25) is 0 Å². The van der Waals surface area contributed by atoms with Gasteiger partial charge in [0.05, 0.1) is 11.4 Å². The predicted octanol–water partition coefficient (Wildman–Crippen LogP) is 2.71. The second-order valence-electron chi connectivity index (χ2n) is 4.57. The van der Waals surface area contributed by atoms with Gasteiger partial charge in [-0.15, -0.1) is 5.10 Å². The van der Waals surface area contributed by atoms with E-state index in [1.807, 2.05) is 30.3 Å². The van der Waals surface area contributed by atoms with Crippen LogP contribution in [0.25, 0.3) is 11.5 Å². The molecule has 0 aliphatic heterocycles. The van der Waals surface area contributed by atoms with Gasteiger partial charge in [-0.25, -0.2) is 9.36 Å². The number of aromatic hydroxyl groups is 1. The second-order valence-corrected chi connectivity index (χ2v) is 4.57. The zero-order chi connectivity index (χ0) is 13.9. The summed E-state index contributed by atoms with van der Waals surface area (Å²) >= 11 is 0. The predicted molar refractivity (Wildman–Crippen MR) is 76.3 cm³/mol. The summed E-state index contributed by atoms with van der Waals surface area (Å²) < 4.78 is 3.36. The van der Waals surface area contributed by atoms with Crippen molar-refractivity contribution >= 4 is 0 Å². The van der Waals surface area contributed by atoms with Crippen LogP contribution in [-0.2, 0) is 26.5 Å². The second kappa shape index (κ2) is 6.70. The van der Waals surface area contributed by atoms with Gasteiger partial charge in [-0.2, -0.15) is 5.10 Å². The van der Waals surface area contributed by atoms with E-state index in [2.05, 4.69) is 17.1 Å². The minimum atomic E-state index is 0. The van der Waals surface area contributed by atoms with E-state index in [0.29, 0.717) is 5.82 Å². The fourth-order valence-electron chi connectivity index (χ4n) is 2.22. The molecule has 0 aliphatic rings. The summed E-state index contributed by atoms with van der Waals surface area (Å²) in [4.78, 5) is 0. The Morgan fingerprint density at radius 1 is 1.14 bits per heavy atom. The summed E-state index contributed by atoms with van der Waals surface area (Å²) in [6, 6.07) is 11.6. The van der Waals surface area contributed by atoms with Gasteiger partial charge in [0.2, 0.25) is 5.82 Å². The third-order valence-electron chi connectivity index (χ3n) is 3.14. The Balaban J connectivity index is 0.00000161. The minimum Gasteiger partial charge on any atom is -0.503 e. The van der Waals surface area contributed by atoms with E-state index in [1.165, 1.54) is 0 Å². The molecule has 0 fully saturated rings. The van der Waals surface area contributed by atoms with Gasteiger partial charge >= 0.3 is 0 Å². The first kappa shape index (κ1) is 15.5. The number of nitrogens with zero attached hydrogens (tertiary/aromatic N) is 4. The number of benzene rings is 1. The van der Waals surface area contributed by atoms with E-state index < -0.39 is 0 Å². The van der Waals surface area contributed by atoms with Crippen LogP contribution in [0, 0.1) is 0 Å². The molecular weight excluding hydrogens is 444 g/mol. The first-order valence-electron chi connectivity index (χ1n) is 6.67. The van der Waals surface area contributed by atoms with E-state index in [1.54, 1.807) is 27.8 Å². The van der Waals surface area contributed by atoms with Gasteiger partial charge in [-0.3, -0.25) is 0 Å². The molecular formula is C15H16IrN4O. The number of hydrogen-bond acceptors (Lipinski definition) is 3. The van der Waals surface area contributed by atoms with Crippen molar-refractivity contribution in [3.8, 4) is 17.3 Å². The Kier molecular flexibility index (Phi) is 4.93. The van der Waals surface area contributed by atoms with Crippen LogP contribution >= 0.6 is 0 Å². The molecule has 5 nitrogen and oxygen atoms in total. The largest absolute Gasteiger partial charge is 0.503 e. The molecule has 0 saturated heterocycles. The zero-order valence-corrected chi connectivity index (χ0v) is 14.0. The minimum absolute atomic E-state index is 0. The molecule has 0 spiro atoms. The third kappa shape index (κ3) is 2.91. The van der Waals surface area contributed by atoms with Crippen LogP contribution in [0.5, 0.6) is 5.75 Å². The molecule has 0 bridgehead atoms. The van der Waals surface area contributed by atoms with Gasteiger partial charge in [0.25, 0.3) is 0 Å². The first-order chi connectivity index (χ1) is 9.81. The first-order valence-corrected chi connectivity index (χ1v) is 6.67. The van der Waals surface area contributed by atoms with Crippen LogP contribution in [0.1, 0.15) is 19.0 Å². The quantitative estimate of drug-likeness (QED) is 0.652. The normalized spacial score (nSPS) is 10.3. The summed E-state index contributed by atoms with van der Waals surface area (Å²) in [6.07, 6.45) is 5.13. The van der Waals surface area contributed by atoms with Crippen molar-refractivity contribution in [3.05, 3.63) is 54.5 Å². The van der Waals surface area contributed by atoms with Crippen LogP contribution in [-0.4, -0.2) is 24.7 Å². The molecule has 3 aromatic rings.